The van der Waals surface area contributed by atoms with E-state index in [2.05, 4.69) is 12.2 Å². The van der Waals surface area contributed by atoms with E-state index in [0.29, 0.717) is 0 Å². The van der Waals surface area contributed by atoms with Crippen molar-refractivity contribution >= 4 is 0 Å². The largest absolute Gasteiger partial charge is 0.314 e. The maximum absolute atomic E-state index is 3.60. The molecule has 0 aromatic rings. The Labute approximate surface area is 75.9 Å². The van der Waals surface area contributed by atoms with Crippen LogP contribution in [0.15, 0.2) is 0 Å². The zero-order valence-corrected chi connectivity index (χ0v) is 8.18. The van der Waals surface area contributed by atoms with E-state index in [4.69, 9.17) is 0 Å². The molecule has 0 bridgehead atoms. The van der Waals surface area contributed by atoms with E-state index >= 15 is 0 Å². The predicted octanol–water partition coefficient (Wildman–Crippen LogP) is 2.56. The van der Waals surface area contributed by atoms with Gasteiger partial charge in [-0.05, 0) is 50.5 Å². The average Bonchev–Trinajstić information content (AvgIpc) is 2.80. The molecule has 1 saturated carbocycles. The highest BCUT2D eigenvalue weighted by atomic mass is 14.9. The summed E-state index contributed by atoms with van der Waals surface area (Å²) >= 11 is 0. The number of nitrogens with one attached hydrogen (secondary N) is 1. The summed E-state index contributed by atoms with van der Waals surface area (Å²) in [5, 5.41) is 3.60. The SMILES string of the molecule is CCC(CC1CCCN1)C1CC1. The lowest BCUT2D eigenvalue weighted by Gasteiger charge is -2.18. The van der Waals surface area contributed by atoms with Crippen molar-refractivity contribution in [1.29, 1.82) is 0 Å². The van der Waals surface area contributed by atoms with Crippen LogP contribution in [0.1, 0.15) is 45.4 Å². The van der Waals surface area contributed by atoms with Crippen molar-refractivity contribution in [3.05, 3.63) is 0 Å². The van der Waals surface area contributed by atoms with E-state index in [-0.39, 0.29) is 0 Å². The standard InChI is InChI=1S/C11H21N/c1-2-9(10-5-6-10)8-11-4-3-7-12-11/h9-12H,2-8H2,1H3. The van der Waals surface area contributed by atoms with Crippen LogP contribution in [0.4, 0.5) is 0 Å². The first kappa shape index (κ1) is 8.55. The molecule has 2 atom stereocenters. The van der Waals surface area contributed by atoms with Gasteiger partial charge in [0, 0.05) is 6.04 Å². The van der Waals surface area contributed by atoms with Crippen LogP contribution in [0.5, 0.6) is 0 Å². The van der Waals surface area contributed by atoms with Crippen LogP contribution in [-0.2, 0) is 0 Å². The molecule has 1 N–H and O–H groups in total. The second-order valence-electron chi connectivity index (χ2n) is 4.53. The lowest BCUT2D eigenvalue weighted by atomic mass is 9.92. The van der Waals surface area contributed by atoms with Gasteiger partial charge in [0.2, 0.25) is 0 Å². The van der Waals surface area contributed by atoms with E-state index in [1.807, 2.05) is 0 Å². The number of hydrogen-bond donors (Lipinski definition) is 1. The summed E-state index contributed by atoms with van der Waals surface area (Å²) in [7, 11) is 0. The highest BCUT2D eigenvalue weighted by molar-refractivity contribution is 4.85. The van der Waals surface area contributed by atoms with Gasteiger partial charge >= 0.3 is 0 Å². The van der Waals surface area contributed by atoms with Gasteiger partial charge in [-0.25, -0.2) is 0 Å². The smallest absolute Gasteiger partial charge is 0.00702 e. The molecular formula is C11H21N. The summed E-state index contributed by atoms with van der Waals surface area (Å²) in [6.07, 6.45) is 8.75. The quantitative estimate of drug-likeness (QED) is 0.678. The summed E-state index contributed by atoms with van der Waals surface area (Å²) in [5.41, 5.74) is 0. The van der Waals surface area contributed by atoms with E-state index in [9.17, 15) is 0 Å². The van der Waals surface area contributed by atoms with Gasteiger partial charge in [-0.15, -0.1) is 0 Å². The Morgan fingerprint density at radius 2 is 2.17 bits per heavy atom. The average molecular weight is 167 g/mol. The Hall–Kier alpha value is -0.0400. The first-order chi connectivity index (χ1) is 5.90. The Bertz CT molecular complexity index is 134. The van der Waals surface area contributed by atoms with Crippen LogP contribution in [0.25, 0.3) is 0 Å². The van der Waals surface area contributed by atoms with Crippen LogP contribution >= 0.6 is 0 Å². The van der Waals surface area contributed by atoms with Crippen molar-refractivity contribution in [2.24, 2.45) is 11.8 Å². The lowest BCUT2D eigenvalue weighted by Crippen LogP contribution is -2.24. The van der Waals surface area contributed by atoms with Gasteiger partial charge in [0.05, 0.1) is 0 Å². The molecule has 1 saturated heterocycles. The molecule has 1 nitrogen and oxygen atoms in total. The van der Waals surface area contributed by atoms with Gasteiger partial charge in [-0.2, -0.15) is 0 Å². The molecule has 0 aromatic carbocycles. The molecule has 70 valence electrons. The van der Waals surface area contributed by atoms with Gasteiger partial charge in [-0.1, -0.05) is 13.3 Å². The second-order valence-corrected chi connectivity index (χ2v) is 4.53. The molecule has 2 rings (SSSR count). The maximum atomic E-state index is 3.60. The van der Waals surface area contributed by atoms with Gasteiger partial charge < -0.3 is 5.32 Å². The first-order valence-corrected chi connectivity index (χ1v) is 5.63. The van der Waals surface area contributed by atoms with Crippen LogP contribution in [0, 0.1) is 11.8 Å². The Balaban J connectivity index is 1.74. The molecule has 0 radical (unpaired) electrons. The van der Waals surface area contributed by atoms with Crippen molar-refractivity contribution in [3.8, 4) is 0 Å². The van der Waals surface area contributed by atoms with Crippen LogP contribution < -0.4 is 5.32 Å². The minimum atomic E-state index is 0.871. The van der Waals surface area contributed by atoms with Crippen LogP contribution in [0.2, 0.25) is 0 Å². The Morgan fingerprint density at radius 3 is 2.67 bits per heavy atom. The monoisotopic (exact) mass is 167 g/mol. The third-order valence-corrected chi connectivity index (χ3v) is 3.56. The molecular weight excluding hydrogens is 146 g/mol. The molecule has 1 aliphatic carbocycles. The summed E-state index contributed by atoms with van der Waals surface area (Å²) < 4.78 is 0. The second kappa shape index (κ2) is 3.78. The van der Waals surface area contributed by atoms with Crippen molar-refractivity contribution in [2.75, 3.05) is 6.54 Å². The molecule has 1 aliphatic heterocycles. The number of hydrogen-bond acceptors (Lipinski definition) is 1. The molecule has 0 spiro atoms. The van der Waals surface area contributed by atoms with E-state index < -0.39 is 0 Å². The van der Waals surface area contributed by atoms with Crippen molar-refractivity contribution in [1.82, 2.24) is 5.32 Å². The van der Waals surface area contributed by atoms with Crippen molar-refractivity contribution < 1.29 is 0 Å². The van der Waals surface area contributed by atoms with Gasteiger partial charge in [0.15, 0.2) is 0 Å². The molecule has 0 amide bonds. The minimum absolute atomic E-state index is 0.871. The fraction of sp³-hybridized carbons (Fsp3) is 1.00. The fourth-order valence-electron chi connectivity index (χ4n) is 2.58. The van der Waals surface area contributed by atoms with Crippen molar-refractivity contribution in [3.63, 3.8) is 0 Å². The highest BCUT2D eigenvalue weighted by Crippen LogP contribution is 2.41. The molecule has 1 heteroatoms. The molecule has 0 aromatic heterocycles. The zero-order chi connectivity index (χ0) is 8.39. The molecule has 1 heterocycles. The van der Waals surface area contributed by atoms with Gasteiger partial charge in [0.1, 0.15) is 0 Å². The van der Waals surface area contributed by atoms with E-state index in [1.165, 1.54) is 45.1 Å². The summed E-state index contributed by atoms with van der Waals surface area (Å²) in [6, 6.07) is 0.871. The van der Waals surface area contributed by atoms with Crippen molar-refractivity contribution in [2.45, 2.75) is 51.5 Å². The van der Waals surface area contributed by atoms with Gasteiger partial charge in [-0.3, -0.25) is 0 Å². The Kier molecular flexibility index (Phi) is 2.69. The first-order valence-electron chi connectivity index (χ1n) is 5.63. The zero-order valence-electron chi connectivity index (χ0n) is 8.18. The van der Waals surface area contributed by atoms with Gasteiger partial charge in [0.25, 0.3) is 0 Å². The van der Waals surface area contributed by atoms with E-state index in [1.54, 1.807) is 0 Å². The third kappa shape index (κ3) is 2.01. The predicted molar refractivity (Wildman–Crippen MR) is 52.1 cm³/mol. The topological polar surface area (TPSA) is 12.0 Å². The minimum Gasteiger partial charge on any atom is -0.314 e. The highest BCUT2D eigenvalue weighted by Gasteiger charge is 2.31. The summed E-state index contributed by atoms with van der Waals surface area (Å²) in [5.74, 6) is 2.15. The molecule has 2 aliphatic rings. The third-order valence-electron chi connectivity index (χ3n) is 3.56. The normalized spacial score (nSPS) is 32.2. The summed E-state index contributed by atoms with van der Waals surface area (Å²) in [6.45, 7) is 3.63. The Morgan fingerprint density at radius 1 is 1.33 bits per heavy atom. The summed E-state index contributed by atoms with van der Waals surface area (Å²) in [4.78, 5) is 0. The van der Waals surface area contributed by atoms with Crippen LogP contribution in [0.3, 0.4) is 0 Å². The fourth-order valence-corrected chi connectivity index (χ4v) is 2.58. The van der Waals surface area contributed by atoms with Crippen LogP contribution in [-0.4, -0.2) is 12.6 Å². The lowest BCUT2D eigenvalue weighted by molar-refractivity contribution is 0.361. The molecule has 2 unspecified atom stereocenters. The molecule has 2 fully saturated rings. The van der Waals surface area contributed by atoms with E-state index in [0.717, 1.165) is 17.9 Å². The maximum Gasteiger partial charge on any atom is 0.00702 e. The molecule has 12 heavy (non-hydrogen) atoms. The number of rotatable bonds is 4.